The third-order valence-electron chi connectivity index (χ3n) is 4.49. The fourth-order valence-corrected chi connectivity index (χ4v) is 3.10. The molecule has 6 heteroatoms. The number of nitrogens with one attached hydrogen (secondary N) is 1. The van der Waals surface area contributed by atoms with Crippen LogP contribution in [0.25, 0.3) is 11.1 Å². The van der Waals surface area contributed by atoms with Crippen molar-refractivity contribution in [3.8, 4) is 0 Å². The van der Waals surface area contributed by atoms with Gasteiger partial charge in [0.25, 0.3) is 0 Å². The minimum absolute atomic E-state index is 0.0340. The van der Waals surface area contributed by atoms with Gasteiger partial charge in [-0.3, -0.25) is 14.3 Å². The van der Waals surface area contributed by atoms with Crippen LogP contribution < -0.4 is 11.1 Å². The summed E-state index contributed by atoms with van der Waals surface area (Å²) in [6.07, 6.45) is 2.76. The fourth-order valence-electron chi connectivity index (χ4n) is 3.10. The second kappa shape index (κ2) is 7.00. The maximum Gasteiger partial charge on any atom is 0.419 e. The Hall–Kier alpha value is -2.08. The summed E-state index contributed by atoms with van der Waals surface area (Å²) in [6, 6.07) is 7.62. The first kappa shape index (κ1) is 15.8. The highest BCUT2D eigenvalue weighted by atomic mass is 16.4. The highest BCUT2D eigenvalue weighted by Gasteiger charge is 2.18. The molecule has 0 aliphatic carbocycles. The zero-order chi connectivity index (χ0) is 16.2. The Morgan fingerprint density at radius 1 is 1.30 bits per heavy atom. The number of amides is 1. The number of nitrogens with zero attached hydrogens (tertiary/aromatic N) is 2. The first-order chi connectivity index (χ1) is 11.1. The van der Waals surface area contributed by atoms with Gasteiger partial charge in [0, 0.05) is 25.6 Å². The Balaban J connectivity index is 1.52. The van der Waals surface area contributed by atoms with Crippen LogP contribution in [0.3, 0.4) is 0 Å². The number of aryl methyl sites for hydroxylation is 1. The first-order valence-corrected chi connectivity index (χ1v) is 8.24. The van der Waals surface area contributed by atoms with E-state index >= 15 is 0 Å². The molecule has 1 N–H and O–H groups in total. The van der Waals surface area contributed by atoms with Crippen molar-refractivity contribution in [2.45, 2.75) is 38.8 Å². The van der Waals surface area contributed by atoms with E-state index in [1.54, 1.807) is 6.07 Å². The average Bonchev–Trinajstić information content (AvgIpc) is 3.18. The third-order valence-corrected chi connectivity index (χ3v) is 4.49. The van der Waals surface area contributed by atoms with Gasteiger partial charge in [0.05, 0.1) is 5.52 Å². The van der Waals surface area contributed by atoms with E-state index in [0.29, 0.717) is 24.7 Å². The predicted octanol–water partition coefficient (Wildman–Crippen LogP) is 1.59. The quantitative estimate of drug-likeness (QED) is 0.878. The molecule has 23 heavy (non-hydrogen) atoms. The van der Waals surface area contributed by atoms with Crippen molar-refractivity contribution in [3.63, 3.8) is 0 Å². The molecule has 1 saturated heterocycles. The minimum Gasteiger partial charge on any atom is -0.408 e. The summed E-state index contributed by atoms with van der Waals surface area (Å²) in [4.78, 5) is 26.3. The van der Waals surface area contributed by atoms with Crippen LogP contribution in [-0.4, -0.2) is 41.1 Å². The van der Waals surface area contributed by atoms with E-state index in [1.165, 1.54) is 17.4 Å². The molecule has 0 spiro atoms. The SMILES string of the molecule is CC(CNC(=O)CCn1c(=O)oc2ccccc21)N1CCCC1. The molecule has 2 aromatic rings. The predicted molar refractivity (Wildman–Crippen MR) is 88.4 cm³/mol. The topological polar surface area (TPSA) is 67.5 Å². The number of carbonyl (C=O) groups excluding carboxylic acids is 1. The summed E-state index contributed by atoms with van der Waals surface area (Å²) in [5.74, 6) is -0.447. The van der Waals surface area contributed by atoms with Gasteiger partial charge in [-0.25, -0.2) is 4.79 Å². The lowest BCUT2D eigenvalue weighted by Gasteiger charge is -2.23. The third kappa shape index (κ3) is 3.64. The summed E-state index contributed by atoms with van der Waals surface area (Å²) in [7, 11) is 0. The number of likely N-dealkylation sites (tertiary alicyclic amines) is 1. The maximum atomic E-state index is 12.0. The van der Waals surface area contributed by atoms with Crippen LogP contribution >= 0.6 is 0 Å². The molecule has 1 aromatic carbocycles. The van der Waals surface area contributed by atoms with Crippen molar-refractivity contribution in [3.05, 3.63) is 34.8 Å². The van der Waals surface area contributed by atoms with E-state index in [4.69, 9.17) is 4.42 Å². The van der Waals surface area contributed by atoms with Crippen molar-refractivity contribution in [1.29, 1.82) is 0 Å². The van der Waals surface area contributed by atoms with Crippen LogP contribution in [-0.2, 0) is 11.3 Å². The van der Waals surface area contributed by atoms with Gasteiger partial charge in [0.15, 0.2) is 5.58 Å². The molecule has 1 aliphatic heterocycles. The largest absolute Gasteiger partial charge is 0.419 e. The van der Waals surface area contributed by atoms with E-state index in [1.807, 2.05) is 18.2 Å². The molecule has 3 rings (SSSR count). The van der Waals surface area contributed by atoms with E-state index in [0.717, 1.165) is 18.6 Å². The van der Waals surface area contributed by atoms with Gasteiger partial charge in [-0.15, -0.1) is 0 Å². The molecular formula is C17H23N3O3. The number of fused-ring (bicyclic) bond motifs is 1. The van der Waals surface area contributed by atoms with Crippen molar-refractivity contribution < 1.29 is 9.21 Å². The summed E-state index contributed by atoms with van der Waals surface area (Å²) >= 11 is 0. The van der Waals surface area contributed by atoms with Crippen molar-refractivity contribution in [1.82, 2.24) is 14.8 Å². The molecule has 1 amide bonds. The van der Waals surface area contributed by atoms with Crippen LogP contribution in [0.1, 0.15) is 26.2 Å². The normalized spacial score (nSPS) is 16.7. The zero-order valence-corrected chi connectivity index (χ0v) is 13.5. The highest BCUT2D eigenvalue weighted by Crippen LogP contribution is 2.12. The number of oxazole rings is 1. The van der Waals surface area contributed by atoms with Crippen LogP contribution in [0.4, 0.5) is 0 Å². The van der Waals surface area contributed by atoms with Crippen molar-refractivity contribution in [2.75, 3.05) is 19.6 Å². The molecular weight excluding hydrogens is 294 g/mol. The van der Waals surface area contributed by atoms with Gasteiger partial charge in [-0.05, 0) is 45.0 Å². The number of para-hydroxylation sites is 2. The van der Waals surface area contributed by atoms with Gasteiger partial charge in [-0.1, -0.05) is 12.1 Å². The molecule has 1 fully saturated rings. The van der Waals surface area contributed by atoms with E-state index in [9.17, 15) is 9.59 Å². The molecule has 1 aliphatic rings. The Morgan fingerprint density at radius 3 is 2.83 bits per heavy atom. The monoisotopic (exact) mass is 317 g/mol. The fraction of sp³-hybridized carbons (Fsp3) is 0.529. The maximum absolute atomic E-state index is 12.0. The Morgan fingerprint density at radius 2 is 2.04 bits per heavy atom. The van der Waals surface area contributed by atoms with Crippen molar-refractivity contribution >= 4 is 17.0 Å². The lowest BCUT2D eigenvalue weighted by Crippen LogP contribution is -2.40. The second-order valence-electron chi connectivity index (χ2n) is 6.13. The number of rotatable bonds is 6. The molecule has 0 radical (unpaired) electrons. The number of benzene rings is 1. The Kier molecular flexibility index (Phi) is 4.81. The van der Waals surface area contributed by atoms with Crippen LogP contribution in [0, 0.1) is 0 Å². The van der Waals surface area contributed by atoms with Crippen molar-refractivity contribution in [2.24, 2.45) is 0 Å². The minimum atomic E-state index is -0.413. The lowest BCUT2D eigenvalue weighted by molar-refractivity contribution is -0.121. The van der Waals surface area contributed by atoms with Crippen LogP contribution in [0.5, 0.6) is 0 Å². The molecule has 1 unspecified atom stereocenters. The summed E-state index contributed by atoms with van der Waals surface area (Å²) in [6.45, 7) is 5.36. The molecule has 1 aromatic heterocycles. The molecule has 0 saturated carbocycles. The van der Waals surface area contributed by atoms with Gasteiger partial charge < -0.3 is 9.73 Å². The smallest absolute Gasteiger partial charge is 0.408 e. The summed E-state index contributed by atoms with van der Waals surface area (Å²) in [5.41, 5.74) is 1.29. The van der Waals surface area contributed by atoms with E-state index < -0.39 is 5.76 Å². The van der Waals surface area contributed by atoms with E-state index in [2.05, 4.69) is 17.1 Å². The van der Waals surface area contributed by atoms with Crippen LogP contribution in [0.15, 0.2) is 33.5 Å². The molecule has 2 heterocycles. The van der Waals surface area contributed by atoms with Gasteiger partial charge in [-0.2, -0.15) is 0 Å². The zero-order valence-electron chi connectivity index (χ0n) is 13.5. The Bertz CT molecular complexity index is 728. The Labute approximate surface area is 135 Å². The van der Waals surface area contributed by atoms with Gasteiger partial charge in [0.2, 0.25) is 5.91 Å². The molecule has 124 valence electrons. The average molecular weight is 317 g/mol. The summed E-state index contributed by atoms with van der Waals surface area (Å²) < 4.78 is 6.68. The molecule has 0 bridgehead atoms. The van der Waals surface area contributed by atoms with Gasteiger partial charge in [0.1, 0.15) is 0 Å². The second-order valence-corrected chi connectivity index (χ2v) is 6.13. The standard InChI is InChI=1S/C17H23N3O3/c1-13(19-9-4-5-10-19)12-18-16(21)8-11-20-14-6-2-3-7-15(14)23-17(20)22/h2-3,6-7,13H,4-5,8-12H2,1H3,(H,18,21). The molecule has 1 atom stereocenters. The number of hydrogen-bond acceptors (Lipinski definition) is 4. The number of hydrogen-bond donors (Lipinski definition) is 1. The summed E-state index contributed by atoms with van der Waals surface area (Å²) in [5, 5.41) is 2.96. The van der Waals surface area contributed by atoms with Gasteiger partial charge >= 0.3 is 5.76 Å². The first-order valence-electron chi connectivity index (χ1n) is 8.24. The van der Waals surface area contributed by atoms with Crippen LogP contribution in [0.2, 0.25) is 0 Å². The van der Waals surface area contributed by atoms with E-state index in [-0.39, 0.29) is 12.3 Å². The number of aromatic nitrogens is 1. The highest BCUT2D eigenvalue weighted by molar-refractivity contribution is 5.76. The molecule has 6 nitrogen and oxygen atoms in total. The number of carbonyl (C=O) groups is 1. The lowest BCUT2D eigenvalue weighted by atomic mass is 10.3.